The molecule has 0 spiro atoms. The number of amides is 1. The molecule has 3 nitrogen and oxygen atoms in total. The Balaban J connectivity index is 3.47. The van der Waals surface area contributed by atoms with Crippen molar-refractivity contribution in [2.45, 2.75) is 19.4 Å². The van der Waals surface area contributed by atoms with Gasteiger partial charge in [-0.3, -0.25) is 4.79 Å². The quantitative estimate of drug-likeness (QED) is 0.650. The van der Waals surface area contributed by atoms with Gasteiger partial charge < -0.3 is 10.2 Å². The molecular formula is C8H17ClN2O. The first kappa shape index (κ1) is 11.7. The summed E-state index contributed by atoms with van der Waals surface area (Å²) in [6.07, 6.45) is 0.404. The minimum atomic E-state index is 0.0266. The Labute approximate surface area is 79.1 Å². The number of rotatable bonds is 5. The molecule has 4 heteroatoms. The van der Waals surface area contributed by atoms with E-state index in [-0.39, 0.29) is 5.91 Å². The average Bonchev–Trinajstić information content (AvgIpc) is 2.00. The van der Waals surface area contributed by atoms with E-state index in [4.69, 9.17) is 11.6 Å². The van der Waals surface area contributed by atoms with Gasteiger partial charge in [-0.15, -0.1) is 11.6 Å². The van der Waals surface area contributed by atoms with Crippen LogP contribution in [-0.2, 0) is 4.79 Å². The van der Waals surface area contributed by atoms with Gasteiger partial charge in [0.15, 0.2) is 0 Å². The Hall–Kier alpha value is -0.280. The number of carbonyl (C=O) groups is 1. The zero-order valence-electron chi connectivity index (χ0n) is 7.93. The molecular weight excluding hydrogens is 176 g/mol. The lowest BCUT2D eigenvalue weighted by Gasteiger charge is -2.19. The van der Waals surface area contributed by atoms with E-state index in [1.165, 1.54) is 0 Å². The van der Waals surface area contributed by atoms with Gasteiger partial charge in [0.2, 0.25) is 5.91 Å². The molecule has 12 heavy (non-hydrogen) atoms. The fraction of sp³-hybridized carbons (Fsp3) is 0.875. The lowest BCUT2D eigenvalue weighted by Crippen LogP contribution is -2.38. The van der Waals surface area contributed by atoms with Crippen molar-refractivity contribution in [1.82, 2.24) is 10.2 Å². The van der Waals surface area contributed by atoms with Crippen molar-refractivity contribution < 1.29 is 4.79 Å². The number of nitrogens with one attached hydrogen (secondary N) is 1. The molecule has 0 aromatic carbocycles. The summed E-state index contributed by atoms with van der Waals surface area (Å²) in [4.78, 5) is 13.0. The van der Waals surface area contributed by atoms with Crippen molar-refractivity contribution in [3.05, 3.63) is 0 Å². The maximum absolute atomic E-state index is 11.0. The van der Waals surface area contributed by atoms with Gasteiger partial charge in [-0.25, -0.2) is 0 Å². The van der Waals surface area contributed by atoms with Crippen LogP contribution >= 0.6 is 11.6 Å². The van der Waals surface area contributed by atoms with Crippen molar-refractivity contribution in [2.75, 3.05) is 26.5 Å². The van der Waals surface area contributed by atoms with Crippen molar-refractivity contribution in [2.24, 2.45) is 0 Å². The maximum Gasteiger partial charge on any atom is 0.221 e. The van der Waals surface area contributed by atoms with E-state index < -0.39 is 0 Å². The van der Waals surface area contributed by atoms with E-state index >= 15 is 0 Å². The first-order valence-corrected chi connectivity index (χ1v) is 4.60. The Kier molecular flexibility index (Phi) is 6.11. The van der Waals surface area contributed by atoms with E-state index in [0.717, 1.165) is 0 Å². The highest BCUT2D eigenvalue weighted by Gasteiger charge is 2.05. The van der Waals surface area contributed by atoms with Crippen LogP contribution in [0.5, 0.6) is 0 Å². The number of halogens is 1. The van der Waals surface area contributed by atoms with Crippen molar-refractivity contribution in [1.29, 1.82) is 0 Å². The molecule has 72 valence electrons. The van der Waals surface area contributed by atoms with Crippen LogP contribution in [-0.4, -0.2) is 43.4 Å². The zero-order valence-corrected chi connectivity index (χ0v) is 8.69. The third-order valence-corrected chi connectivity index (χ3v) is 1.99. The number of alkyl halides is 1. The minimum absolute atomic E-state index is 0.0266. The Morgan fingerprint density at radius 3 is 2.58 bits per heavy atom. The molecule has 1 amide bonds. The molecule has 0 rings (SSSR count). The fourth-order valence-corrected chi connectivity index (χ4v) is 0.790. The highest BCUT2D eigenvalue weighted by molar-refractivity contribution is 6.18. The second-order valence-electron chi connectivity index (χ2n) is 3.06. The summed E-state index contributed by atoms with van der Waals surface area (Å²) in [7, 11) is 3.97. The average molecular weight is 193 g/mol. The summed E-state index contributed by atoms with van der Waals surface area (Å²) in [6, 6.07) is 0.365. The van der Waals surface area contributed by atoms with Gasteiger partial charge in [0, 0.05) is 24.9 Å². The van der Waals surface area contributed by atoms with Crippen LogP contribution in [0.4, 0.5) is 0 Å². The molecule has 0 saturated heterocycles. The number of nitrogens with zero attached hydrogens (tertiary/aromatic N) is 1. The van der Waals surface area contributed by atoms with Crippen molar-refractivity contribution >= 4 is 17.5 Å². The van der Waals surface area contributed by atoms with Gasteiger partial charge in [0.25, 0.3) is 0 Å². The summed E-state index contributed by atoms with van der Waals surface area (Å²) in [5.74, 6) is 0.418. The molecule has 0 heterocycles. The molecule has 0 aromatic rings. The third-order valence-electron chi connectivity index (χ3n) is 1.80. The topological polar surface area (TPSA) is 32.3 Å². The second kappa shape index (κ2) is 6.26. The zero-order chi connectivity index (χ0) is 9.56. The maximum atomic E-state index is 11.0. The van der Waals surface area contributed by atoms with Crippen LogP contribution in [0.15, 0.2) is 0 Å². The Bertz CT molecular complexity index is 139. The van der Waals surface area contributed by atoms with Crippen LogP contribution in [0, 0.1) is 0 Å². The van der Waals surface area contributed by atoms with Gasteiger partial charge in [-0.2, -0.15) is 0 Å². The first-order valence-electron chi connectivity index (χ1n) is 4.07. The third kappa shape index (κ3) is 5.38. The van der Waals surface area contributed by atoms with E-state index in [1.807, 2.05) is 14.1 Å². The number of carbonyl (C=O) groups excluding carboxylic acids is 1. The van der Waals surface area contributed by atoms with Gasteiger partial charge in [-0.1, -0.05) is 0 Å². The molecule has 0 fully saturated rings. The molecule has 0 radical (unpaired) electrons. The van der Waals surface area contributed by atoms with Gasteiger partial charge in [-0.05, 0) is 21.0 Å². The van der Waals surface area contributed by atoms with Gasteiger partial charge >= 0.3 is 0 Å². The normalized spacial score (nSPS) is 13.1. The van der Waals surface area contributed by atoms with Crippen LogP contribution in [0.1, 0.15) is 13.3 Å². The molecule has 0 aliphatic carbocycles. The van der Waals surface area contributed by atoms with Crippen LogP contribution in [0.3, 0.4) is 0 Å². The smallest absolute Gasteiger partial charge is 0.221 e. The highest BCUT2D eigenvalue weighted by atomic mass is 35.5. The largest absolute Gasteiger partial charge is 0.355 e. The van der Waals surface area contributed by atoms with Gasteiger partial charge in [0.1, 0.15) is 0 Å². The lowest BCUT2D eigenvalue weighted by atomic mass is 10.3. The van der Waals surface area contributed by atoms with Crippen LogP contribution < -0.4 is 5.32 Å². The molecule has 1 unspecified atom stereocenters. The van der Waals surface area contributed by atoms with Crippen LogP contribution in [0.2, 0.25) is 0 Å². The molecule has 0 saturated carbocycles. The molecule has 1 atom stereocenters. The molecule has 0 bridgehead atoms. The first-order chi connectivity index (χ1) is 5.57. The minimum Gasteiger partial charge on any atom is -0.355 e. The van der Waals surface area contributed by atoms with E-state index in [0.29, 0.717) is 24.9 Å². The summed E-state index contributed by atoms with van der Waals surface area (Å²) >= 11 is 5.40. The Morgan fingerprint density at radius 2 is 2.17 bits per heavy atom. The predicted molar refractivity (Wildman–Crippen MR) is 51.5 cm³/mol. The second-order valence-corrected chi connectivity index (χ2v) is 3.43. The molecule has 0 aliphatic heterocycles. The fourth-order valence-electron chi connectivity index (χ4n) is 0.618. The molecule has 1 N–H and O–H groups in total. The Morgan fingerprint density at radius 1 is 1.58 bits per heavy atom. The predicted octanol–water partition coefficient (Wildman–Crippen LogP) is 0.682. The number of hydrogen-bond donors (Lipinski definition) is 1. The SMILES string of the molecule is CC(CNC(=O)CCCl)N(C)C. The molecule has 0 aliphatic rings. The molecule has 0 aromatic heterocycles. The monoisotopic (exact) mass is 192 g/mol. The summed E-state index contributed by atoms with van der Waals surface area (Å²) in [6.45, 7) is 2.74. The summed E-state index contributed by atoms with van der Waals surface area (Å²) < 4.78 is 0. The van der Waals surface area contributed by atoms with E-state index in [2.05, 4.69) is 17.1 Å². The van der Waals surface area contributed by atoms with Crippen LogP contribution in [0.25, 0.3) is 0 Å². The highest BCUT2D eigenvalue weighted by Crippen LogP contribution is 1.89. The van der Waals surface area contributed by atoms with Gasteiger partial charge in [0.05, 0.1) is 0 Å². The summed E-state index contributed by atoms with van der Waals surface area (Å²) in [5.41, 5.74) is 0. The van der Waals surface area contributed by atoms with E-state index in [1.54, 1.807) is 0 Å². The van der Waals surface area contributed by atoms with E-state index in [9.17, 15) is 4.79 Å². The number of hydrogen-bond acceptors (Lipinski definition) is 2. The standard InChI is InChI=1S/C8H17ClN2O/c1-7(11(2)3)6-10-8(12)4-5-9/h7H,4-6H2,1-3H3,(H,10,12). The van der Waals surface area contributed by atoms with Crippen molar-refractivity contribution in [3.63, 3.8) is 0 Å². The van der Waals surface area contributed by atoms with Crippen molar-refractivity contribution in [3.8, 4) is 0 Å². The lowest BCUT2D eigenvalue weighted by molar-refractivity contribution is -0.120. The number of likely N-dealkylation sites (N-methyl/N-ethyl adjacent to an activating group) is 1. The summed E-state index contributed by atoms with van der Waals surface area (Å²) in [5, 5.41) is 2.80.